The van der Waals surface area contributed by atoms with Crippen LogP contribution in [0.5, 0.6) is 5.75 Å². The second-order valence-electron chi connectivity index (χ2n) is 9.76. The molecule has 196 valence electrons. The van der Waals surface area contributed by atoms with Crippen LogP contribution in [0.3, 0.4) is 0 Å². The fourth-order valence-corrected chi connectivity index (χ4v) is 4.57. The first-order chi connectivity index (χ1) is 18.4. The van der Waals surface area contributed by atoms with Crippen molar-refractivity contribution in [2.24, 2.45) is 5.92 Å². The van der Waals surface area contributed by atoms with E-state index < -0.39 is 6.04 Å². The predicted octanol–water partition coefficient (Wildman–Crippen LogP) is 6.39. The first-order valence-electron chi connectivity index (χ1n) is 12.9. The second-order valence-corrected chi connectivity index (χ2v) is 10.7. The third-order valence-electron chi connectivity index (χ3n) is 6.32. The molecular formula is C32H33BrN2O3. The average Bonchev–Trinajstić information content (AvgIpc) is 2.93. The molecule has 0 aliphatic carbocycles. The maximum atomic E-state index is 13.8. The van der Waals surface area contributed by atoms with Crippen LogP contribution in [0.1, 0.15) is 25.0 Å². The Hall–Kier alpha value is -3.64. The Bertz CT molecular complexity index is 1350. The number of rotatable bonds is 11. The Morgan fingerprint density at radius 2 is 1.53 bits per heavy atom. The third-order valence-corrected chi connectivity index (χ3v) is 6.85. The van der Waals surface area contributed by atoms with Crippen LogP contribution in [-0.4, -0.2) is 35.9 Å². The van der Waals surface area contributed by atoms with Gasteiger partial charge < -0.3 is 15.0 Å². The minimum Gasteiger partial charge on any atom is -0.483 e. The van der Waals surface area contributed by atoms with Crippen LogP contribution < -0.4 is 10.1 Å². The summed E-state index contributed by atoms with van der Waals surface area (Å²) in [6, 6.07) is 30.6. The zero-order valence-corrected chi connectivity index (χ0v) is 23.4. The largest absolute Gasteiger partial charge is 0.483 e. The molecule has 5 nitrogen and oxygen atoms in total. The normalized spacial score (nSPS) is 11.8. The van der Waals surface area contributed by atoms with E-state index in [1.807, 2.05) is 97.1 Å². The molecule has 6 heteroatoms. The Morgan fingerprint density at radius 1 is 0.842 bits per heavy atom. The van der Waals surface area contributed by atoms with Gasteiger partial charge in [-0.05, 0) is 40.6 Å². The molecule has 1 atom stereocenters. The molecule has 0 saturated carbocycles. The van der Waals surface area contributed by atoms with Gasteiger partial charge in [-0.15, -0.1) is 0 Å². The van der Waals surface area contributed by atoms with E-state index >= 15 is 0 Å². The highest BCUT2D eigenvalue weighted by Crippen LogP contribution is 2.25. The molecule has 0 unspecified atom stereocenters. The minimum absolute atomic E-state index is 0.168. The highest BCUT2D eigenvalue weighted by Gasteiger charge is 2.30. The number of halogens is 1. The average molecular weight is 574 g/mol. The van der Waals surface area contributed by atoms with E-state index in [1.165, 1.54) is 0 Å². The smallest absolute Gasteiger partial charge is 0.261 e. The van der Waals surface area contributed by atoms with Crippen molar-refractivity contribution in [2.75, 3.05) is 13.2 Å². The van der Waals surface area contributed by atoms with Crippen LogP contribution in [-0.2, 0) is 22.6 Å². The van der Waals surface area contributed by atoms with Crippen LogP contribution in [0.25, 0.3) is 10.8 Å². The molecule has 0 radical (unpaired) electrons. The van der Waals surface area contributed by atoms with Crippen molar-refractivity contribution >= 4 is 38.5 Å². The van der Waals surface area contributed by atoms with E-state index in [-0.39, 0.29) is 25.0 Å². The molecule has 4 aromatic rings. The molecule has 2 amide bonds. The monoisotopic (exact) mass is 572 g/mol. The van der Waals surface area contributed by atoms with Crippen molar-refractivity contribution < 1.29 is 14.3 Å². The zero-order valence-electron chi connectivity index (χ0n) is 21.8. The molecule has 0 aromatic heterocycles. The number of nitrogens with zero attached hydrogens (tertiary/aromatic N) is 1. The first kappa shape index (κ1) is 27.4. The zero-order chi connectivity index (χ0) is 26.9. The van der Waals surface area contributed by atoms with Gasteiger partial charge in [0.25, 0.3) is 5.91 Å². The molecular weight excluding hydrogens is 540 g/mol. The Balaban J connectivity index is 1.63. The molecule has 4 aromatic carbocycles. The van der Waals surface area contributed by atoms with E-state index in [1.54, 1.807) is 4.90 Å². The van der Waals surface area contributed by atoms with Crippen LogP contribution in [0.15, 0.2) is 102 Å². The summed E-state index contributed by atoms with van der Waals surface area (Å²) in [4.78, 5) is 29.0. The third kappa shape index (κ3) is 7.45. The van der Waals surface area contributed by atoms with Gasteiger partial charge in [-0.25, -0.2) is 0 Å². The van der Waals surface area contributed by atoms with Gasteiger partial charge in [-0.3, -0.25) is 9.59 Å². The minimum atomic E-state index is -0.691. The topological polar surface area (TPSA) is 58.6 Å². The number of hydrogen-bond acceptors (Lipinski definition) is 3. The van der Waals surface area contributed by atoms with Crippen molar-refractivity contribution in [1.82, 2.24) is 10.2 Å². The second kappa shape index (κ2) is 13.2. The highest BCUT2D eigenvalue weighted by molar-refractivity contribution is 9.10. The number of nitrogens with one attached hydrogen (secondary N) is 1. The van der Waals surface area contributed by atoms with Crippen LogP contribution in [0.2, 0.25) is 0 Å². The molecule has 0 spiro atoms. The van der Waals surface area contributed by atoms with E-state index in [9.17, 15) is 9.59 Å². The molecule has 0 heterocycles. The van der Waals surface area contributed by atoms with Gasteiger partial charge in [0.2, 0.25) is 5.91 Å². The van der Waals surface area contributed by atoms with E-state index in [0.29, 0.717) is 24.6 Å². The summed E-state index contributed by atoms with van der Waals surface area (Å²) in [7, 11) is 0. The lowest BCUT2D eigenvalue weighted by Crippen LogP contribution is -2.52. The lowest BCUT2D eigenvalue weighted by Gasteiger charge is -2.31. The van der Waals surface area contributed by atoms with E-state index in [0.717, 1.165) is 26.4 Å². The summed E-state index contributed by atoms with van der Waals surface area (Å²) >= 11 is 3.48. The maximum Gasteiger partial charge on any atom is 0.261 e. The number of amides is 2. The number of fused-ring (bicyclic) bond motifs is 1. The molecule has 0 aliphatic rings. The summed E-state index contributed by atoms with van der Waals surface area (Å²) in [5.74, 6) is 0.519. The van der Waals surface area contributed by atoms with Gasteiger partial charge in [0.05, 0.1) is 0 Å². The van der Waals surface area contributed by atoms with Crippen LogP contribution in [0.4, 0.5) is 0 Å². The summed E-state index contributed by atoms with van der Waals surface area (Å²) in [5.41, 5.74) is 1.92. The fourth-order valence-electron chi connectivity index (χ4n) is 4.31. The Kier molecular flexibility index (Phi) is 9.55. The van der Waals surface area contributed by atoms with Gasteiger partial charge in [0, 0.05) is 29.4 Å². The summed E-state index contributed by atoms with van der Waals surface area (Å²) < 4.78 is 7.02. The maximum absolute atomic E-state index is 13.8. The number of benzene rings is 4. The predicted molar refractivity (Wildman–Crippen MR) is 156 cm³/mol. The highest BCUT2D eigenvalue weighted by atomic mass is 79.9. The molecule has 1 N–H and O–H groups in total. The summed E-state index contributed by atoms with van der Waals surface area (Å²) in [6.07, 6.45) is 0.404. The standard InChI is InChI=1S/C32H33BrN2O3/c1-23(2)20-34-32(37)29(19-24-9-4-3-5-10-24)35(21-25-15-17-27(33)18-16-25)31(36)22-38-30-14-8-12-26-11-6-7-13-28(26)30/h3-18,23,29H,19-22H2,1-2H3,(H,34,37)/t29-/m0/s1. The molecule has 0 saturated heterocycles. The number of hydrogen-bond donors (Lipinski definition) is 1. The lowest BCUT2D eigenvalue weighted by atomic mass is 10.0. The fraction of sp³-hybridized carbons (Fsp3) is 0.250. The van der Waals surface area contributed by atoms with Gasteiger partial charge >= 0.3 is 0 Å². The van der Waals surface area contributed by atoms with E-state index in [4.69, 9.17) is 4.74 Å². The van der Waals surface area contributed by atoms with Gasteiger partial charge in [0.15, 0.2) is 6.61 Å². The van der Waals surface area contributed by atoms with Gasteiger partial charge in [-0.2, -0.15) is 0 Å². The number of carbonyl (C=O) groups excluding carboxylic acids is 2. The Labute approximate surface area is 232 Å². The molecule has 0 bridgehead atoms. The van der Waals surface area contributed by atoms with Crippen LogP contribution >= 0.6 is 15.9 Å². The molecule has 38 heavy (non-hydrogen) atoms. The first-order valence-corrected chi connectivity index (χ1v) is 13.7. The lowest BCUT2D eigenvalue weighted by molar-refractivity contribution is -0.142. The Morgan fingerprint density at radius 3 is 2.26 bits per heavy atom. The number of carbonyl (C=O) groups is 2. The number of ether oxygens (including phenoxy) is 1. The van der Waals surface area contributed by atoms with Crippen molar-refractivity contribution in [2.45, 2.75) is 32.9 Å². The summed E-state index contributed by atoms with van der Waals surface area (Å²) in [5, 5.41) is 5.03. The van der Waals surface area contributed by atoms with Gasteiger partial charge in [-0.1, -0.05) is 109 Å². The molecule has 0 aliphatic heterocycles. The quantitative estimate of drug-likeness (QED) is 0.226. The van der Waals surface area contributed by atoms with Crippen molar-refractivity contribution in [3.63, 3.8) is 0 Å². The van der Waals surface area contributed by atoms with Crippen LogP contribution in [0, 0.1) is 5.92 Å². The molecule has 0 fully saturated rings. The SMILES string of the molecule is CC(C)CNC(=O)[C@H](Cc1ccccc1)N(Cc1ccc(Br)cc1)C(=O)COc1cccc2ccccc12. The van der Waals surface area contributed by atoms with Crippen molar-refractivity contribution in [3.8, 4) is 5.75 Å². The summed E-state index contributed by atoms with van der Waals surface area (Å²) in [6.45, 7) is 4.76. The molecule has 4 rings (SSSR count). The van der Waals surface area contributed by atoms with Crippen molar-refractivity contribution in [1.29, 1.82) is 0 Å². The van der Waals surface area contributed by atoms with E-state index in [2.05, 4.69) is 35.1 Å². The van der Waals surface area contributed by atoms with Crippen molar-refractivity contribution in [3.05, 3.63) is 113 Å². The van der Waals surface area contributed by atoms with Gasteiger partial charge in [0.1, 0.15) is 11.8 Å².